The van der Waals surface area contributed by atoms with Crippen molar-refractivity contribution in [2.75, 3.05) is 11.5 Å². The largest absolute Gasteiger partial charge is 0.494 e. The van der Waals surface area contributed by atoms with Crippen LogP contribution in [0.1, 0.15) is 46.8 Å². The second-order valence-electron chi connectivity index (χ2n) is 8.13. The summed E-state index contributed by atoms with van der Waals surface area (Å²) in [5, 5.41) is 0.709. The van der Waals surface area contributed by atoms with Crippen LogP contribution < -0.4 is 9.64 Å². The van der Waals surface area contributed by atoms with E-state index in [1.807, 2.05) is 66.4 Å². The Labute approximate surface area is 192 Å². The molecule has 5 rings (SSSR count). The summed E-state index contributed by atoms with van der Waals surface area (Å²) in [7, 11) is 0. The average molecular weight is 443 g/mol. The maximum absolute atomic E-state index is 13.7. The molecule has 0 fully saturated rings. The van der Waals surface area contributed by atoms with Crippen LogP contribution in [0.2, 0.25) is 0 Å². The van der Waals surface area contributed by atoms with Crippen LogP contribution in [0.15, 0.2) is 66.7 Å². The SMILES string of the molecule is CCOc1ccc2nc(N(Cc3ccccc3)C(=O)c3ccc4c(c3)CCCC4)sc2c1. The lowest BCUT2D eigenvalue weighted by Gasteiger charge is -2.22. The van der Waals surface area contributed by atoms with Crippen molar-refractivity contribution in [1.29, 1.82) is 0 Å². The number of amides is 1. The van der Waals surface area contributed by atoms with E-state index in [-0.39, 0.29) is 5.91 Å². The fourth-order valence-electron chi connectivity index (χ4n) is 4.28. The van der Waals surface area contributed by atoms with Crippen molar-refractivity contribution < 1.29 is 9.53 Å². The van der Waals surface area contributed by atoms with E-state index in [4.69, 9.17) is 9.72 Å². The number of fused-ring (bicyclic) bond motifs is 2. The number of aryl methyl sites for hydroxylation is 2. The minimum atomic E-state index is -0.00804. The molecule has 1 amide bonds. The minimum Gasteiger partial charge on any atom is -0.494 e. The van der Waals surface area contributed by atoms with Gasteiger partial charge in [0.2, 0.25) is 0 Å². The molecule has 0 saturated heterocycles. The number of carbonyl (C=O) groups excluding carboxylic acids is 1. The zero-order chi connectivity index (χ0) is 21.9. The highest BCUT2D eigenvalue weighted by molar-refractivity contribution is 7.22. The lowest BCUT2D eigenvalue weighted by molar-refractivity contribution is 0.0985. The molecule has 5 heteroatoms. The maximum atomic E-state index is 13.7. The lowest BCUT2D eigenvalue weighted by Crippen LogP contribution is -2.30. The van der Waals surface area contributed by atoms with Crippen LogP contribution in [0.5, 0.6) is 5.75 Å². The molecule has 0 N–H and O–H groups in total. The number of carbonyl (C=O) groups is 1. The van der Waals surface area contributed by atoms with Crippen molar-refractivity contribution in [2.24, 2.45) is 0 Å². The molecule has 0 atom stereocenters. The fourth-order valence-corrected chi connectivity index (χ4v) is 5.27. The van der Waals surface area contributed by atoms with E-state index in [0.717, 1.165) is 39.9 Å². The number of aromatic nitrogens is 1. The molecule has 1 aliphatic carbocycles. The first kappa shape index (κ1) is 20.7. The van der Waals surface area contributed by atoms with Gasteiger partial charge in [-0.1, -0.05) is 47.7 Å². The van der Waals surface area contributed by atoms with Gasteiger partial charge in [-0.15, -0.1) is 0 Å². The van der Waals surface area contributed by atoms with E-state index in [1.165, 1.54) is 35.3 Å². The van der Waals surface area contributed by atoms with Gasteiger partial charge < -0.3 is 4.74 Å². The molecule has 0 spiro atoms. The molecule has 0 radical (unpaired) electrons. The van der Waals surface area contributed by atoms with Gasteiger partial charge in [0.1, 0.15) is 5.75 Å². The van der Waals surface area contributed by atoms with Gasteiger partial charge in [-0.2, -0.15) is 0 Å². The number of benzene rings is 3. The Balaban J connectivity index is 1.53. The Hall–Kier alpha value is -3.18. The van der Waals surface area contributed by atoms with Crippen molar-refractivity contribution in [2.45, 2.75) is 39.2 Å². The van der Waals surface area contributed by atoms with Gasteiger partial charge in [-0.25, -0.2) is 4.98 Å². The second kappa shape index (κ2) is 9.13. The summed E-state index contributed by atoms with van der Waals surface area (Å²) < 4.78 is 6.66. The third-order valence-electron chi connectivity index (χ3n) is 5.91. The number of hydrogen-bond acceptors (Lipinski definition) is 4. The third-order valence-corrected chi connectivity index (χ3v) is 6.96. The summed E-state index contributed by atoms with van der Waals surface area (Å²) in [5.74, 6) is 0.817. The standard InChI is InChI=1S/C27H26N2O2S/c1-2-31-23-14-15-24-25(17-23)32-27(28-24)29(18-19-8-4-3-5-9-19)26(30)22-13-12-20-10-6-7-11-21(20)16-22/h3-5,8-9,12-17H,2,6-7,10-11,18H2,1H3. The van der Waals surface area contributed by atoms with E-state index in [9.17, 15) is 4.79 Å². The van der Waals surface area contributed by atoms with Gasteiger partial charge in [0.05, 0.1) is 23.4 Å². The Morgan fingerprint density at radius 3 is 2.62 bits per heavy atom. The summed E-state index contributed by atoms with van der Waals surface area (Å²) >= 11 is 1.53. The minimum absolute atomic E-state index is 0.00804. The molecule has 3 aromatic carbocycles. The Morgan fingerprint density at radius 2 is 1.81 bits per heavy atom. The predicted octanol–water partition coefficient (Wildman–Crippen LogP) is 6.42. The zero-order valence-electron chi connectivity index (χ0n) is 18.2. The highest BCUT2D eigenvalue weighted by atomic mass is 32.1. The topological polar surface area (TPSA) is 42.4 Å². The van der Waals surface area contributed by atoms with Gasteiger partial charge in [0, 0.05) is 5.56 Å². The summed E-state index contributed by atoms with van der Waals surface area (Å²) in [4.78, 5) is 20.4. The van der Waals surface area contributed by atoms with Gasteiger partial charge in [-0.05, 0) is 79.6 Å². The van der Waals surface area contributed by atoms with E-state index in [1.54, 1.807) is 0 Å². The van der Waals surface area contributed by atoms with Crippen LogP contribution >= 0.6 is 11.3 Å². The summed E-state index contributed by atoms with van der Waals surface area (Å²) in [6, 6.07) is 22.2. The molecule has 0 saturated carbocycles. The number of ether oxygens (including phenoxy) is 1. The van der Waals surface area contributed by atoms with Crippen molar-refractivity contribution in [1.82, 2.24) is 4.98 Å². The van der Waals surface area contributed by atoms with E-state index in [2.05, 4.69) is 12.1 Å². The first-order valence-electron chi connectivity index (χ1n) is 11.2. The van der Waals surface area contributed by atoms with Gasteiger partial charge in [0.15, 0.2) is 5.13 Å². The Morgan fingerprint density at radius 1 is 1.00 bits per heavy atom. The third kappa shape index (κ3) is 4.26. The first-order chi connectivity index (χ1) is 15.7. The van der Waals surface area contributed by atoms with Crippen molar-refractivity contribution >= 4 is 32.6 Å². The lowest BCUT2D eigenvalue weighted by atomic mass is 9.90. The first-order valence-corrected chi connectivity index (χ1v) is 12.0. The smallest absolute Gasteiger partial charge is 0.260 e. The monoisotopic (exact) mass is 442 g/mol. The van der Waals surface area contributed by atoms with Gasteiger partial charge in [-0.3, -0.25) is 9.69 Å². The number of rotatable bonds is 6. The van der Waals surface area contributed by atoms with Crippen LogP contribution in [-0.2, 0) is 19.4 Å². The van der Waals surface area contributed by atoms with E-state index < -0.39 is 0 Å². The van der Waals surface area contributed by atoms with Gasteiger partial charge in [0.25, 0.3) is 5.91 Å². The van der Waals surface area contributed by atoms with Crippen LogP contribution in [0.4, 0.5) is 5.13 Å². The molecule has 0 aliphatic heterocycles. The highest BCUT2D eigenvalue weighted by Crippen LogP contribution is 2.33. The van der Waals surface area contributed by atoms with E-state index in [0.29, 0.717) is 18.3 Å². The fraction of sp³-hybridized carbons (Fsp3) is 0.259. The molecule has 1 aliphatic rings. The van der Waals surface area contributed by atoms with Crippen LogP contribution in [0.25, 0.3) is 10.2 Å². The Kier molecular flexibility index (Phi) is 5.91. The molecule has 0 bridgehead atoms. The number of hydrogen-bond donors (Lipinski definition) is 0. The summed E-state index contributed by atoms with van der Waals surface area (Å²) in [6.07, 6.45) is 4.59. The molecule has 4 nitrogen and oxygen atoms in total. The van der Waals surface area contributed by atoms with Crippen molar-refractivity contribution in [3.63, 3.8) is 0 Å². The number of anilines is 1. The predicted molar refractivity (Wildman–Crippen MR) is 131 cm³/mol. The second-order valence-corrected chi connectivity index (χ2v) is 9.14. The molecule has 1 aromatic heterocycles. The highest BCUT2D eigenvalue weighted by Gasteiger charge is 2.23. The maximum Gasteiger partial charge on any atom is 0.260 e. The van der Waals surface area contributed by atoms with Crippen LogP contribution in [0.3, 0.4) is 0 Å². The average Bonchev–Trinajstić information content (AvgIpc) is 3.26. The quantitative estimate of drug-likeness (QED) is 0.346. The summed E-state index contributed by atoms with van der Waals surface area (Å²) in [5.41, 5.74) is 5.38. The summed E-state index contributed by atoms with van der Waals surface area (Å²) in [6.45, 7) is 3.07. The molecule has 4 aromatic rings. The normalized spacial score (nSPS) is 13.0. The molecule has 162 valence electrons. The number of nitrogens with zero attached hydrogens (tertiary/aromatic N) is 2. The molecular formula is C27H26N2O2S. The molecule has 1 heterocycles. The molecule has 32 heavy (non-hydrogen) atoms. The number of thiazole rings is 1. The molecular weight excluding hydrogens is 416 g/mol. The van der Waals surface area contributed by atoms with Crippen LogP contribution in [-0.4, -0.2) is 17.5 Å². The zero-order valence-corrected chi connectivity index (χ0v) is 19.0. The molecule has 0 unspecified atom stereocenters. The van der Waals surface area contributed by atoms with Crippen molar-refractivity contribution in [3.8, 4) is 5.75 Å². The van der Waals surface area contributed by atoms with Crippen LogP contribution in [0, 0.1) is 0 Å². The Bertz CT molecular complexity index is 1250. The van der Waals surface area contributed by atoms with E-state index >= 15 is 0 Å². The van der Waals surface area contributed by atoms with Crippen molar-refractivity contribution in [3.05, 3.63) is 89.0 Å². The van der Waals surface area contributed by atoms with Gasteiger partial charge >= 0.3 is 0 Å².